The summed E-state index contributed by atoms with van der Waals surface area (Å²) in [7, 11) is 0. The number of fused-ring (bicyclic) bond motifs is 1. The van der Waals surface area contributed by atoms with Crippen molar-refractivity contribution in [3.8, 4) is 0 Å². The number of carbonyl (C=O) groups is 1. The second kappa shape index (κ2) is 5.29. The molecule has 1 aliphatic heterocycles. The van der Waals surface area contributed by atoms with Gasteiger partial charge in [0.05, 0.1) is 5.56 Å². The number of rotatable bonds is 3. The zero-order valence-corrected chi connectivity index (χ0v) is 12.4. The molecule has 0 unspecified atom stereocenters. The molecule has 3 heteroatoms. The van der Waals surface area contributed by atoms with Crippen molar-refractivity contribution in [3.05, 3.63) is 102 Å². The maximum absolute atomic E-state index is 12.4. The monoisotopic (exact) mass is 301 g/mol. The van der Waals surface area contributed by atoms with Crippen LogP contribution in [0.3, 0.4) is 0 Å². The Morgan fingerprint density at radius 1 is 0.739 bits per heavy atom. The average Bonchev–Trinajstić information content (AvgIpc) is 2.90. The van der Waals surface area contributed by atoms with Gasteiger partial charge >= 0.3 is 5.97 Å². The lowest BCUT2D eigenvalue weighted by molar-refractivity contribution is 0.0212. The van der Waals surface area contributed by atoms with Gasteiger partial charge in [-0.05, 0) is 18.2 Å². The molecule has 4 rings (SSSR count). The predicted molar refractivity (Wildman–Crippen MR) is 89.1 cm³/mol. The molecule has 23 heavy (non-hydrogen) atoms. The fraction of sp³-hybridized carbons (Fsp3) is 0.0500. The van der Waals surface area contributed by atoms with Crippen molar-refractivity contribution in [1.82, 2.24) is 0 Å². The number of anilines is 1. The Hall–Kier alpha value is -3.07. The van der Waals surface area contributed by atoms with Crippen LogP contribution in [-0.4, -0.2) is 5.97 Å². The van der Waals surface area contributed by atoms with Crippen molar-refractivity contribution >= 4 is 11.7 Å². The number of cyclic esters (lactones) is 1. The Morgan fingerprint density at radius 3 is 2.09 bits per heavy atom. The molecule has 0 fully saturated rings. The number of hydrogen-bond donors (Lipinski definition) is 1. The van der Waals surface area contributed by atoms with Gasteiger partial charge in [-0.2, -0.15) is 0 Å². The third kappa shape index (κ3) is 2.18. The molecule has 1 N–H and O–H groups in total. The highest BCUT2D eigenvalue weighted by atomic mass is 16.6. The zero-order chi connectivity index (χ0) is 15.7. The standard InChI is InChI=1S/C20H15NO2/c22-19-17-13-7-8-14-18(17)20(23-19,15-9-3-1-4-10-15)21-16-11-5-2-6-12-16/h1-14,21H/t20-/m1/s1. The van der Waals surface area contributed by atoms with E-state index in [0.717, 1.165) is 16.8 Å². The number of nitrogens with one attached hydrogen (secondary N) is 1. The molecule has 112 valence electrons. The van der Waals surface area contributed by atoms with Crippen LogP contribution in [0, 0.1) is 0 Å². The fourth-order valence-corrected chi connectivity index (χ4v) is 2.99. The minimum atomic E-state index is -1.00. The van der Waals surface area contributed by atoms with Crippen LogP contribution in [0.1, 0.15) is 21.5 Å². The van der Waals surface area contributed by atoms with E-state index in [0.29, 0.717) is 5.56 Å². The first-order valence-corrected chi connectivity index (χ1v) is 7.51. The molecule has 3 aromatic carbocycles. The molecule has 0 aromatic heterocycles. The lowest BCUT2D eigenvalue weighted by Crippen LogP contribution is -2.36. The topological polar surface area (TPSA) is 38.3 Å². The summed E-state index contributed by atoms with van der Waals surface area (Å²) >= 11 is 0. The number of para-hydroxylation sites is 1. The van der Waals surface area contributed by atoms with Crippen LogP contribution >= 0.6 is 0 Å². The first-order valence-electron chi connectivity index (χ1n) is 7.51. The zero-order valence-electron chi connectivity index (χ0n) is 12.4. The van der Waals surface area contributed by atoms with E-state index >= 15 is 0 Å². The first kappa shape index (κ1) is 13.6. The molecule has 1 atom stereocenters. The third-order valence-corrected chi connectivity index (χ3v) is 4.05. The quantitative estimate of drug-likeness (QED) is 0.738. The Bertz CT molecular complexity index is 846. The summed E-state index contributed by atoms with van der Waals surface area (Å²) in [6.07, 6.45) is 0. The molecule has 3 aromatic rings. The van der Waals surface area contributed by atoms with Gasteiger partial charge in [-0.1, -0.05) is 66.7 Å². The third-order valence-electron chi connectivity index (χ3n) is 4.05. The second-order valence-electron chi connectivity index (χ2n) is 5.47. The van der Waals surface area contributed by atoms with Crippen molar-refractivity contribution in [3.63, 3.8) is 0 Å². The van der Waals surface area contributed by atoms with Gasteiger partial charge in [0.2, 0.25) is 5.72 Å². The summed E-state index contributed by atoms with van der Waals surface area (Å²) < 4.78 is 5.86. The Morgan fingerprint density at radius 2 is 1.35 bits per heavy atom. The van der Waals surface area contributed by atoms with Crippen molar-refractivity contribution in [2.75, 3.05) is 5.32 Å². The van der Waals surface area contributed by atoms with Gasteiger partial charge in [-0.15, -0.1) is 0 Å². The van der Waals surface area contributed by atoms with Gasteiger partial charge in [0.15, 0.2) is 0 Å². The van der Waals surface area contributed by atoms with Crippen molar-refractivity contribution < 1.29 is 9.53 Å². The number of carbonyl (C=O) groups excluding carboxylic acids is 1. The van der Waals surface area contributed by atoms with Crippen LogP contribution in [-0.2, 0) is 10.5 Å². The van der Waals surface area contributed by atoms with Crippen molar-refractivity contribution in [1.29, 1.82) is 0 Å². The summed E-state index contributed by atoms with van der Waals surface area (Å²) in [5.41, 5.74) is 2.21. The minimum Gasteiger partial charge on any atom is -0.427 e. The normalized spacial score (nSPS) is 19.0. The Kier molecular flexibility index (Phi) is 3.12. The smallest absolute Gasteiger partial charge is 0.341 e. The van der Waals surface area contributed by atoms with E-state index in [4.69, 9.17) is 4.74 Å². The number of benzene rings is 3. The van der Waals surface area contributed by atoms with E-state index in [9.17, 15) is 4.79 Å². The molecule has 0 aliphatic carbocycles. The van der Waals surface area contributed by atoms with E-state index in [2.05, 4.69) is 5.32 Å². The highest BCUT2D eigenvalue weighted by molar-refractivity contribution is 5.96. The van der Waals surface area contributed by atoms with Gasteiger partial charge in [-0.25, -0.2) is 4.79 Å². The molecule has 0 bridgehead atoms. The highest BCUT2D eigenvalue weighted by Gasteiger charge is 2.47. The molecule has 0 amide bonds. The van der Waals surface area contributed by atoms with Gasteiger partial charge in [-0.3, -0.25) is 0 Å². The molecule has 0 spiro atoms. The largest absolute Gasteiger partial charge is 0.427 e. The summed E-state index contributed by atoms with van der Waals surface area (Å²) in [5, 5.41) is 3.41. The lowest BCUT2D eigenvalue weighted by atomic mass is 9.92. The van der Waals surface area contributed by atoms with E-state index in [1.807, 2.05) is 78.9 Å². The molecular formula is C20H15NO2. The molecule has 0 radical (unpaired) electrons. The van der Waals surface area contributed by atoms with Crippen LogP contribution in [0.15, 0.2) is 84.9 Å². The Labute approximate surface area is 134 Å². The van der Waals surface area contributed by atoms with Crippen molar-refractivity contribution in [2.45, 2.75) is 5.72 Å². The van der Waals surface area contributed by atoms with Crippen LogP contribution in [0.4, 0.5) is 5.69 Å². The SMILES string of the molecule is O=C1O[C@](Nc2ccccc2)(c2ccccc2)c2ccccc21. The van der Waals surface area contributed by atoms with Gasteiger partial charge in [0, 0.05) is 16.8 Å². The Balaban J connectivity index is 1.92. The second-order valence-corrected chi connectivity index (χ2v) is 5.47. The highest BCUT2D eigenvalue weighted by Crippen LogP contribution is 2.42. The average molecular weight is 301 g/mol. The van der Waals surface area contributed by atoms with Crippen molar-refractivity contribution in [2.24, 2.45) is 0 Å². The molecule has 1 heterocycles. The van der Waals surface area contributed by atoms with Gasteiger partial charge in [0.1, 0.15) is 0 Å². The molecular weight excluding hydrogens is 286 g/mol. The minimum absolute atomic E-state index is 0.312. The summed E-state index contributed by atoms with van der Waals surface area (Å²) in [5.74, 6) is -0.312. The summed E-state index contributed by atoms with van der Waals surface area (Å²) in [4.78, 5) is 12.4. The molecule has 0 saturated carbocycles. The predicted octanol–water partition coefficient (Wildman–Crippen LogP) is 4.17. The van der Waals surface area contributed by atoms with E-state index in [1.165, 1.54) is 0 Å². The maximum Gasteiger partial charge on any atom is 0.341 e. The van der Waals surface area contributed by atoms with Crippen LogP contribution in [0.25, 0.3) is 0 Å². The van der Waals surface area contributed by atoms with Crippen LogP contribution in [0.2, 0.25) is 0 Å². The van der Waals surface area contributed by atoms with E-state index in [1.54, 1.807) is 6.07 Å². The summed E-state index contributed by atoms with van der Waals surface area (Å²) in [6, 6.07) is 27.0. The van der Waals surface area contributed by atoms with E-state index in [-0.39, 0.29) is 5.97 Å². The number of ether oxygens (including phenoxy) is 1. The summed E-state index contributed by atoms with van der Waals surface area (Å²) in [6.45, 7) is 0. The molecule has 3 nitrogen and oxygen atoms in total. The van der Waals surface area contributed by atoms with E-state index < -0.39 is 5.72 Å². The lowest BCUT2D eigenvalue weighted by Gasteiger charge is -2.31. The molecule has 0 saturated heterocycles. The van der Waals surface area contributed by atoms with Gasteiger partial charge in [0.25, 0.3) is 0 Å². The van der Waals surface area contributed by atoms with Gasteiger partial charge < -0.3 is 10.1 Å². The first-order chi connectivity index (χ1) is 11.3. The number of esters is 1. The fourth-order valence-electron chi connectivity index (χ4n) is 2.99. The maximum atomic E-state index is 12.4. The number of hydrogen-bond acceptors (Lipinski definition) is 3. The van der Waals surface area contributed by atoms with Crippen LogP contribution in [0.5, 0.6) is 0 Å². The molecule has 1 aliphatic rings. The van der Waals surface area contributed by atoms with Crippen LogP contribution < -0.4 is 5.32 Å².